The molecule has 1 aliphatic rings. The molecular weight excluding hydrogens is 264 g/mol. The van der Waals surface area contributed by atoms with Crippen molar-refractivity contribution in [1.29, 1.82) is 0 Å². The summed E-state index contributed by atoms with van der Waals surface area (Å²) < 4.78 is 32.6. The van der Waals surface area contributed by atoms with Crippen LogP contribution in [0, 0.1) is 11.6 Å². The summed E-state index contributed by atoms with van der Waals surface area (Å²) in [5, 5.41) is 5.60. The largest absolute Gasteiger partial charge is 0.376 e. The number of nitrogens with zero attached hydrogens (tertiary/aromatic N) is 1. The van der Waals surface area contributed by atoms with Crippen molar-refractivity contribution in [2.75, 3.05) is 30.3 Å². The quantitative estimate of drug-likeness (QED) is 0.755. The molecule has 4 nitrogen and oxygen atoms in total. The van der Waals surface area contributed by atoms with Crippen molar-refractivity contribution in [2.45, 2.75) is 38.7 Å². The third kappa shape index (κ3) is 4.03. The topological polar surface area (TPSA) is 46.2 Å². The summed E-state index contributed by atoms with van der Waals surface area (Å²) >= 11 is 0. The normalized spacial score (nSPS) is 15.6. The highest BCUT2D eigenvalue weighted by molar-refractivity contribution is 5.47. The van der Waals surface area contributed by atoms with E-state index in [1.807, 2.05) is 6.92 Å². The summed E-state index contributed by atoms with van der Waals surface area (Å²) in [6.45, 7) is 3.31. The van der Waals surface area contributed by atoms with Gasteiger partial charge >= 0.3 is 0 Å². The van der Waals surface area contributed by atoms with Gasteiger partial charge in [0.2, 0.25) is 0 Å². The Balaban J connectivity index is 1.83. The molecule has 0 aromatic carbocycles. The summed E-state index contributed by atoms with van der Waals surface area (Å²) in [4.78, 5) is 3.90. The number of ether oxygens (including phenoxy) is 1. The fourth-order valence-corrected chi connectivity index (χ4v) is 2.33. The van der Waals surface area contributed by atoms with Crippen molar-refractivity contribution in [2.24, 2.45) is 0 Å². The number of rotatable bonds is 7. The summed E-state index contributed by atoms with van der Waals surface area (Å²) in [5.74, 6) is -1.26. The Hall–Kier alpha value is -1.43. The van der Waals surface area contributed by atoms with Crippen LogP contribution in [0.2, 0.25) is 0 Å². The van der Waals surface area contributed by atoms with E-state index in [1.165, 1.54) is 12.8 Å². The van der Waals surface area contributed by atoms with Crippen molar-refractivity contribution in [3.8, 4) is 0 Å². The van der Waals surface area contributed by atoms with Gasteiger partial charge in [-0.15, -0.1) is 0 Å². The first-order valence-corrected chi connectivity index (χ1v) is 7.16. The molecule has 1 fully saturated rings. The molecule has 1 saturated carbocycles. The first-order chi connectivity index (χ1) is 9.70. The van der Waals surface area contributed by atoms with Crippen LogP contribution in [0.5, 0.6) is 0 Å². The van der Waals surface area contributed by atoms with E-state index in [9.17, 15) is 8.78 Å². The van der Waals surface area contributed by atoms with Gasteiger partial charge in [0.15, 0.2) is 23.3 Å². The Morgan fingerprint density at radius 1 is 1.20 bits per heavy atom. The molecule has 0 unspecified atom stereocenters. The van der Waals surface area contributed by atoms with E-state index in [4.69, 9.17) is 4.74 Å². The van der Waals surface area contributed by atoms with E-state index in [0.717, 1.165) is 18.9 Å². The fraction of sp³-hybridized carbons (Fsp3) is 0.643. The predicted molar refractivity (Wildman–Crippen MR) is 75.0 cm³/mol. The second kappa shape index (κ2) is 7.38. The lowest BCUT2D eigenvalue weighted by Gasteiger charge is -2.13. The van der Waals surface area contributed by atoms with Crippen LogP contribution in [0.1, 0.15) is 32.6 Å². The molecule has 0 spiro atoms. The molecule has 20 heavy (non-hydrogen) atoms. The molecular formula is C14H21F2N3O. The maximum Gasteiger partial charge on any atom is 0.168 e. The Labute approximate surface area is 117 Å². The zero-order valence-electron chi connectivity index (χ0n) is 11.7. The Morgan fingerprint density at radius 3 is 2.50 bits per heavy atom. The van der Waals surface area contributed by atoms with Crippen LogP contribution in [0.4, 0.5) is 20.4 Å². The van der Waals surface area contributed by atoms with Crippen LogP contribution in [0.15, 0.2) is 6.07 Å². The molecule has 2 N–H and O–H groups in total. The van der Waals surface area contributed by atoms with Crippen LogP contribution in [-0.2, 0) is 4.74 Å². The van der Waals surface area contributed by atoms with E-state index in [2.05, 4.69) is 15.6 Å². The number of hydrogen-bond donors (Lipinski definition) is 2. The third-order valence-electron chi connectivity index (χ3n) is 3.32. The van der Waals surface area contributed by atoms with Crippen LogP contribution in [0.25, 0.3) is 0 Å². The Kier molecular flexibility index (Phi) is 5.52. The van der Waals surface area contributed by atoms with Gasteiger partial charge in [-0.3, -0.25) is 0 Å². The van der Waals surface area contributed by atoms with E-state index in [1.54, 1.807) is 0 Å². The van der Waals surface area contributed by atoms with Gasteiger partial charge in [0.05, 0.1) is 12.7 Å². The molecule has 0 bridgehead atoms. The molecule has 0 aliphatic heterocycles. The molecule has 0 atom stereocenters. The minimum absolute atomic E-state index is 0.0531. The maximum atomic E-state index is 13.6. The molecule has 1 aliphatic carbocycles. The molecule has 1 aromatic heterocycles. The van der Waals surface area contributed by atoms with Gasteiger partial charge in [-0.1, -0.05) is 12.8 Å². The van der Waals surface area contributed by atoms with Crippen LogP contribution in [0.3, 0.4) is 0 Å². The number of hydrogen-bond acceptors (Lipinski definition) is 4. The average Bonchev–Trinajstić information content (AvgIpc) is 2.92. The minimum Gasteiger partial charge on any atom is -0.376 e. The highest BCUT2D eigenvalue weighted by Crippen LogP contribution is 2.21. The standard InChI is InChI=1S/C14H21F2N3O/c1-2-17-13-11(15)9-12(16)14(19-13)18-7-8-20-10-5-3-4-6-10/h9-10H,2-8H2,1H3,(H2,17,18,19). The molecule has 2 rings (SSSR count). The minimum atomic E-state index is -0.690. The summed E-state index contributed by atoms with van der Waals surface area (Å²) in [6.07, 6.45) is 4.98. The van der Waals surface area contributed by atoms with Crippen molar-refractivity contribution in [3.63, 3.8) is 0 Å². The van der Waals surface area contributed by atoms with Gasteiger partial charge in [-0.2, -0.15) is 0 Å². The van der Waals surface area contributed by atoms with Crippen molar-refractivity contribution in [1.82, 2.24) is 4.98 Å². The molecule has 112 valence electrons. The second-order valence-electron chi connectivity index (χ2n) is 4.88. The lowest BCUT2D eigenvalue weighted by molar-refractivity contribution is 0.0658. The number of anilines is 2. The lowest BCUT2D eigenvalue weighted by atomic mass is 10.3. The Bertz CT molecular complexity index is 437. The zero-order valence-corrected chi connectivity index (χ0v) is 11.7. The number of halogens is 2. The number of aromatic nitrogens is 1. The van der Waals surface area contributed by atoms with Crippen molar-refractivity contribution >= 4 is 11.6 Å². The molecule has 1 aromatic rings. The Morgan fingerprint density at radius 2 is 1.85 bits per heavy atom. The van der Waals surface area contributed by atoms with Gasteiger partial charge in [0, 0.05) is 19.2 Å². The third-order valence-corrected chi connectivity index (χ3v) is 3.32. The fourth-order valence-electron chi connectivity index (χ4n) is 2.33. The molecule has 1 heterocycles. The van der Waals surface area contributed by atoms with Crippen LogP contribution < -0.4 is 10.6 Å². The van der Waals surface area contributed by atoms with E-state index >= 15 is 0 Å². The molecule has 0 saturated heterocycles. The van der Waals surface area contributed by atoms with Gasteiger partial charge in [-0.05, 0) is 19.8 Å². The van der Waals surface area contributed by atoms with E-state index < -0.39 is 11.6 Å². The first kappa shape index (κ1) is 15.0. The van der Waals surface area contributed by atoms with Gasteiger partial charge in [-0.25, -0.2) is 13.8 Å². The average molecular weight is 285 g/mol. The second-order valence-corrected chi connectivity index (χ2v) is 4.88. The van der Waals surface area contributed by atoms with Crippen molar-refractivity contribution in [3.05, 3.63) is 17.7 Å². The van der Waals surface area contributed by atoms with Gasteiger partial charge < -0.3 is 15.4 Å². The van der Waals surface area contributed by atoms with Crippen LogP contribution >= 0.6 is 0 Å². The van der Waals surface area contributed by atoms with Crippen molar-refractivity contribution < 1.29 is 13.5 Å². The lowest BCUT2D eigenvalue weighted by Crippen LogP contribution is -2.17. The monoisotopic (exact) mass is 285 g/mol. The summed E-state index contributed by atoms with van der Waals surface area (Å²) in [6, 6.07) is 0.838. The summed E-state index contributed by atoms with van der Waals surface area (Å²) in [5.41, 5.74) is 0. The smallest absolute Gasteiger partial charge is 0.168 e. The highest BCUT2D eigenvalue weighted by atomic mass is 19.1. The van der Waals surface area contributed by atoms with E-state index in [-0.39, 0.29) is 11.6 Å². The molecule has 6 heteroatoms. The van der Waals surface area contributed by atoms with Gasteiger partial charge in [0.25, 0.3) is 0 Å². The first-order valence-electron chi connectivity index (χ1n) is 7.16. The zero-order chi connectivity index (χ0) is 14.4. The number of nitrogens with one attached hydrogen (secondary N) is 2. The number of pyridine rings is 1. The van der Waals surface area contributed by atoms with Gasteiger partial charge in [0.1, 0.15) is 0 Å². The maximum absolute atomic E-state index is 13.6. The summed E-state index contributed by atoms with van der Waals surface area (Å²) in [7, 11) is 0. The molecule has 0 radical (unpaired) electrons. The highest BCUT2D eigenvalue weighted by Gasteiger charge is 2.15. The molecule has 0 amide bonds. The van der Waals surface area contributed by atoms with Crippen LogP contribution in [-0.4, -0.2) is 30.8 Å². The predicted octanol–water partition coefficient (Wildman–Crippen LogP) is 3.16. The SMILES string of the molecule is CCNc1nc(NCCOC2CCCC2)c(F)cc1F. The van der Waals surface area contributed by atoms with E-state index in [0.29, 0.717) is 25.8 Å².